The standard InChI is InChI=1S/C17H32N4O5/c1-9(2)6-12(21-15(23)11(5)18)16(24)19-8-14(22)20-13(17(25)26)7-10(3)4/h9-13H,6-8,18H2,1-5H3,(H,19,24)(H,20,22)(H,21,23)(H,25,26). The topological polar surface area (TPSA) is 151 Å². The second-order valence-corrected chi connectivity index (χ2v) is 7.29. The van der Waals surface area contributed by atoms with Crippen molar-refractivity contribution in [3.05, 3.63) is 0 Å². The van der Waals surface area contributed by atoms with E-state index in [1.165, 1.54) is 6.92 Å². The van der Waals surface area contributed by atoms with Gasteiger partial charge in [0, 0.05) is 0 Å². The van der Waals surface area contributed by atoms with Crippen LogP contribution >= 0.6 is 0 Å². The normalized spacial score (nSPS) is 14.5. The summed E-state index contributed by atoms with van der Waals surface area (Å²) in [5, 5.41) is 16.5. The third-order valence-electron chi connectivity index (χ3n) is 3.52. The fourth-order valence-corrected chi connectivity index (χ4v) is 2.23. The van der Waals surface area contributed by atoms with E-state index in [9.17, 15) is 19.2 Å². The van der Waals surface area contributed by atoms with Crippen LogP contribution in [0.15, 0.2) is 0 Å². The van der Waals surface area contributed by atoms with E-state index in [1.807, 2.05) is 27.7 Å². The van der Waals surface area contributed by atoms with E-state index in [2.05, 4.69) is 16.0 Å². The predicted molar refractivity (Wildman–Crippen MR) is 97.1 cm³/mol. The maximum atomic E-state index is 12.3. The zero-order valence-electron chi connectivity index (χ0n) is 16.2. The molecule has 0 fully saturated rings. The van der Waals surface area contributed by atoms with Gasteiger partial charge in [-0.3, -0.25) is 14.4 Å². The van der Waals surface area contributed by atoms with E-state index in [-0.39, 0.29) is 24.8 Å². The second-order valence-electron chi connectivity index (χ2n) is 7.29. The first-order valence-electron chi connectivity index (χ1n) is 8.79. The average Bonchev–Trinajstić information content (AvgIpc) is 2.50. The van der Waals surface area contributed by atoms with E-state index in [0.717, 1.165) is 0 Å². The Bertz CT molecular complexity index is 505. The highest BCUT2D eigenvalue weighted by atomic mass is 16.4. The summed E-state index contributed by atoms with van der Waals surface area (Å²) in [5.41, 5.74) is 5.50. The van der Waals surface area contributed by atoms with Gasteiger partial charge < -0.3 is 26.8 Å². The molecule has 150 valence electrons. The summed E-state index contributed by atoms with van der Waals surface area (Å²) in [5.74, 6) is -2.48. The smallest absolute Gasteiger partial charge is 0.326 e. The first-order valence-corrected chi connectivity index (χ1v) is 8.79. The van der Waals surface area contributed by atoms with Crippen molar-refractivity contribution in [1.82, 2.24) is 16.0 Å². The Morgan fingerprint density at radius 3 is 1.77 bits per heavy atom. The molecule has 0 aliphatic rings. The fraction of sp³-hybridized carbons (Fsp3) is 0.765. The minimum absolute atomic E-state index is 0.0925. The summed E-state index contributed by atoms with van der Waals surface area (Å²) < 4.78 is 0. The van der Waals surface area contributed by atoms with Gasteiger partial charge in [0.25, 0.3) is 0 Å². The number of aliphatic carboxylic acids is 1. The monoisotopic (exact) mass is 372 g/mol. The molecule has 9 heteroatoms. The second kappa shape index (κ2) is 11.5. The summed E-state index contributed by atoms with van der Waals surface area (Å²) in [6, 6.07) is -2.58. The molecule has 0 aromatic heterocycles. The number of carboxylic acids is 1. The van der Waals surface area contributed by atoms with Crippen LogP contribution < -0.4 is 21.7 Å². The van der Waals surface area contributed by atoms with Crippen molar-refractivity contribution in [3.8, 4) is 0 Å². The number of nitrogens with two attached hydrogens (primary N) is 1. The third-order valence-corrected chi connectivity index (χ3v) is 3.52. The lowest BCUT2D eigenvalue weighted by molar-refractivity contribution is -0.142. The number of carbonyl (C=O) groups is 4. The first kappa shape index (κ1) is 23.8. The number of amides is 3. The van der Waals surface area contributed by atoms with Gasteiger partial charge in [-0.05, 0) is 31.6 Å². The highest BCUT2D eigenvalue weighted by Crippen LogP contribution is 2.06. The molecule has 3 atom stereocenters. The van der Waals surface area contributed by atoms with Crippen LogP contribution in [0, 0.1) is 11.8 Å². The number of hydrogen-bond acceptors (Lipinski definition) is 5. The van der Waals surface area contributed by atoms with Gasteiger partial charge in [-0.1, -0.05) is 27.7 Å². The third kappa shape index (κ3) is 9.97. The molecule has 0 radical (unpaired) electrons. The maximum absolute atomic E-state index is 12.3. The summed E-state index contributed by atoms with van der Waals surface area (Å²) in [6.45, 7) is 8.63. The SMILES string of the molecule is CC(C)CC(NC(=O)CNC(=O)C(CC(C)C)NC(=O)C(C)N)C(=O)O. The van der Waals surface area contributed by atoms with Crippen molar-refractivity contribution in [2.45, 2.75) is 65.6 Å². The average molecular weight is 372 g/mol. The molecule has 0 saturated carbocycles. The predicted octanol–water partition coefficient (Wildman–Crippen LogP) is -0.404. The van der Waals surface area contributed by atoms with Crippen LogP contribution in [-0.4, -0.2) is 53.5 Å². The van der Waals surface area contributed by atoms with Crippen molar-refractivity contribution in [2.24, 2.45) is 17.6 Å². The molecule has 0 bridgehead atoms. The molecule has 3 amide bonds. The van der Waals surface area contributed by atoms with Crippen molar-refractivity contribution < 1.29 is 24.3 Å². The number of rotatable bonds is 11. The van der Waals surface area contributed by atoms with Gasteiger partial charge in [-0.25, -0.2) is 4.79 Å². The molecule has 0 aliphatic heterocycles. The van der Waals surface area contributed by atoms with E-state index in [4.69, 9.17) is 10.8 Å². The zero-order chi connectivity index (χ0) is 20.4. The maximum Gasteiger partial charge on any atom is 0.326 e. The zero-order valence-corrected chi connectivity index (χ0v) is 16.2. The van der Waals surface area contributed by atoms with Crippen LogP contribution in [0.5, 0.6) is 0 Å². The molecule has 9 nitrogen and oxygen atoms in total. The molecular formula is C17H32N4O5. The van der Waals surface area contributed by atoms with Gasteiger partial charge >= 0.3 is 5.97 Å². The summed E-state index contributed by atoms with van der Waals surface area (Å²) >= 11 is 0. The van der Waals surface area contributed by atoms with E-state index in [1.54, 1.807) is 0 Å². The Kier molecular flexibility index (Phi) is 10.5. The van der Waals surface area contributed by atoms with Gasteiger partial charge in [0.15, 0.2) is 0 Å². The molecule has 6 N–H and O–H groups in total. The van der Waals surface area contributed by atoms with Crippen LogP contribution in [0.1, 0.15) is 47.5 Å². The molecule has 0 aromatic rings. The Balaban J connectivity index is 4.70. The van der Waals surface area contributed by atoms with Crippen molar-refractivity contribution in [1.29, 1.82) is 0 Å². The van der Waals surface area contributed by atoms with Gasteiger partial charge in [-0.2, -0.15) is 0 Å². The Hall–Kier alpha value is -2.16. The Labute approximate surface area is 154 Å². The highest BCUT2D eigenvalue weighted by Gasteiger charge is 2.25. The van der Waals surface area contributed by atoms with Crippen LogP contribution in [0.3, 0.4) is 0 Å². The molecule has 0 saturated heterocycles. The largest absolute Gasteiger partial charge is 0.480 e. The highest BCUT2D eigenvalue weighted by molar-refractivity contribution is 5.92. The molecule has 0 aliphatic carbocycles. The minimum Gasteiger partial charge on any atom is -0.480 e. The first-order chi connectivity index (χ1) is 11.9. The van der Waals surface area contributed by atoms with Crippen LogP contribution in [0.4, 0.5) is 0 Å². The van der Waals surface area contributed by atoms with E-state index < -0.39 is 41.8 Å². The van der Waals surface area contributed by atoms with Gasteiger partial charge in [0.05, 0.1) is 12.6 Å². The van der Waals surface area contributed by atoms with Gasteiger partial charge in [-0.15, -0.1) is 0 Å². The number of carbonyl (C=O) groups excluding carboxylic acids is 3. The Morgan fingerprint density at radius 2 is 1.35 bits per heavy atom. The molecular weight excluding hydrogens is 340 g/mol. The van der Waals surface area contributed by atoms with Crippen molar-refractivity contribution in [3.63, 3.8) is 0 Å². The van der Waals surface area contributed by atoms with Gasteiger partial charge in [0.2, 0.25) is 17.7 Å². The van der Waals surface area contributed by atoms with Crippen molar-refractivity contribution in [2.75, 3.05) is 6.54 Å². The van der Waals surface area contributed by atoms with Crippen LogP contribution in [0.2, 0.25) is 0 Å². The minimum atomic E-state index is -1.12. The lowest BCUT2D eigenvalue weighted by atomic mass is 10.0. The number of hydrogen-bond donors (Lipinski definition) is 5. The molecule has 0 aromatic carbocycles. The summed E-state index contributed by atoms with van der Waals surface area (Å²) in [7, 11) is 0. The van der Waals surface area contributed by atoms with Crippen LogP contribution in [-0.2, 0) is 19.2 Å². The fourth-order valence-electron chi connectivity index (χ4n) is 2.23. The summed E-state index contributed by atoms with van der Waals surface area (Å²) in [4.78, 5) is 47.1. The van der Waals surface area contributed by atoms with Crippen LogP contribution in [0.25, 0.3) is 0 Å². The molecule has 0 spiro atoms. The van der Waals surface area contributed by atoms with Crippen molar-refractivity contribution >= 4 is 23.7 Å². The summed E-state index contributed by atoms with van der Waals surface area (Å²) in [6.07, 6.45) is 0.673. The lowest BCUT2D eigenvalue weighted by Gasteiger charge is -2.21. The number of nitrogens with one attached hydrogen (secondary N) is 3. The molecule has 0 heterocycles. The quantitative estimate of drug-likeness (QED) is 0.333. The molecule has 3 unspecified atom stereocenters. The van der Waals surface area contributed by atoms with E-state index >= 15 is 0 Å². The van der Waals surface area contributed by atoms with Gasteiger partial charge in [0.1, 0.15) is 12.1 Å². The Morgan fingerprint density at radius 1 is 0.846 bits per heavy atom. The molecule has 26 heavy (non-hydrogen) atoms. The molecule has 0 rings (SSSR count). The lowest BCUT2D eigenvalue weighted by Crippen LogP contribution is -2.53. The number of carboxylic acid groups (broad SMARTS) is 1. The van der Waals surface area contributed by atoms with E-state index in [0.29, 0.717) is 6.42 Å².